The van der Waals surface area contributed by atoms with Crippen molar-refractivity contribution in [2.45, 2.75) is 124 Å². The molecular formula is C87H83N9O17S. The van der Waals surface area contributed by atoms with Crippen LogP contribution in [0.15, 0.2) is 216 Å². The molecule has 12 aromatic rings. The Morgan fingerprint density at radius 3 is 1.27 bits per heavy atom. The van der Waals surface area contributed by atoms with E-state index in [0.29, 0.717) is 67.9 Å². The number of oxime groups is 3. The number of rotatable bonds is 32. The number of benzene rings is 9. The van der Waals surface area contributed by atoms with Crippen LogP contribution in [-0.2, 0) is 51.5 Å². The second-order valence-electron chi connectivity index (χ2n) is 26.8. The van der Waals surface area contributed by atoms with E-state index < -0.39 is 44.2 Å². The lowest BCUT2D eigenvalue weighted by Crippen LogP contribution is -2.17. The molecule has 0 bridgehead atoms. The molecule has 1 unspecified atom stereocenters. The number of nitro groups is 3. The van der Waals surface area contributed by atoms with E-state index in [-0.39, 0.29) is 62.5 Å². The molecule has 0 radical (unpaired) electrons. The first kappa shape index (κ1) is 83.2. The van der Waals surface area contributed by atoms with Gasteiger partial charge >= 0.3 is 17.9 Å². The van der Waals surface area contributed by atoms with Crippen molar-refractivity contribution in [3.8, 4) is 0 Å². The zero-order valence-electron chi connectivity index (χ0n) is 63.9. The van der Waals surface area contributed by atoms with Gasteiger partial charge in [-0.2, -0.15) is 0 Å². The molecule has 26 nitrogen and oxygen atoms in total. The van der Waals surface area contributed by atoms with Gasteiger partial charge < -0.3 is 33.0 Å². The van der Waals surface area contributed by atoms with Gasteiger partial charge in [0.25, 0.3) is 17.1 Å². The van der Waals surface area contributed by atoms with Gasteiger partial charge in [0.05, 0.1) is 44.5 Å². The number of aromatic nitrogens is 3. The Hall–Kier alpha value is -13.3. The molecule has 0 amide bonds. The molecule has 114 heavy (non-hydrogen) atoms. The van der Waals surface area contributed by atoms with E-state index in [1.54, 1.807) is 145 Å². The molecule has 27 heteroatoms. The zero-order chi connectivity index (χ0) is 81.5. The Bertz CT molecular complexity index is 5770. The third kappa shape index (κ3) is 20.8. The predicted octanol–water partition coefficient (Wildman–Crippen LogP) is 19.4. The molecule has 0 spiro atoms. The van der Waals surface area contributed by atoms with Gasteiger partial charge in [0.1, 0.15) is 5.71 Å². The average molecular weight is 1560 g/mol. The van der Waals surface area contributed by atoms with Crippen LogP contribution in [0.3, 0.4) is 0 Å². The molecule has 9 aromatic carbocycles. The Morgan fingerprint density at radius 1 is 0.439 bits per heavy atom. The number of hydrogen-bond acceptors (Lipinski definition) is 21. The minimum atomic E-state index is -0.676. The van der Waals surface area contributed by atoms with Crippen molar-refractivity contribution in [1.82, 2.24) is 13.7 Å². The summed E-state index contributed by atoms with van der Waals surface area (Å²) in [5.74, 6) is -3.17. The van der Waals surface area contributed by atoms with Crippen LogP contribution < -0.4 is 0 Å². The number of carbonyl (C=O) groups is 7. The van der Waals surface area contributed by atoms with Crippen LogP contribution in [0, 0.1) is 30.3 Å². The fourth-order valence-electron chi connectivity index (χ4n) is 13.2. The summed E-state index contributed by atoms with van der Waals surface area (Å²) in [6.07, 6.45) is 13.9. The summed E-state index contributed by atoms with van der Waals surface area (Å²) in [6, 6.07) is 56.5. The van der Waals surface area contributed by atoms with Crippen molar-refractivity contribution in [1.29, 1.82) is 0 Å². The molecule has 0 aliphatic heterocycles. The lowest BCUT2D eigenvalue weighted by atomic mass is 9.99. The minimum Gasteiger partial charge on any atom is -0.384 e. The highest BCUT2D eigenvalue weighted by Crippen LogP contribution is 2.38. The summed E-state index contributed by atoms with van der Waals surface area (Å²) in [5.41, 5.74) is 7.43. The predicted molar refractivity (Wildman–Crippen MR) is 443 cm³/mol. The molecule has 3 aromatic heterocycles. The van der Waals surface area contributed by atoms with Crippen LogP contribution >= 0.6 is 11.8 Å². The molecule has 3 heterocycles. The summed E-state index contributed by atoms with van der Waals surface area (Å²) >= 11 is 1.16. The number of non-ortho nitro benzene ring substituents is 3. The smallest absolute Gasteiger partial charge is 0.332 e. The van der Waals surface area contributed by atoms with Gasteiger partial charge in [-0.3, -0.25) is 49.5 Å². The number of aryl methyl sites for hydroxylation is 1. The summed E-state index contributed by atoms with van der Waals surface area (Å²) in [6.45, 7) is 11.0. The summed E-state index contributed by atoms with van der Waals surface area (Å²) < 4.78 is 11.0. The average Bonchev–Trinajstić information content (AvgIpc) is 1.61. The van der Waals surface area contributed by atoms with Gasteiger partial charge in [-0.1, -0.05) is 184 Å². The van der Waals surface area contributed by atoms with E-state index in [1.165, 1.54) is 76.8 Å². The number of nitro benzene ring substituents is 3. The Balaban J connectivity index is 0.000000181. The van der Waals surface area contributed by atoms with E-state index in [4.69, 9.17) is 19.2 Å². The number of methoxy groups -OCH3 is 1. The number of fused-ring (bicyclic) bond motifs is 9. The fraction of sp³-hybridized carbons (Fsp3) is 0.241. The highest BCUT2D eigenvalue weighted by Gasteiger charge is 2.26. The monoisotopic (exact) mass is 1560 g/mol. The van der Waals surface area contributed by atoms with Gasteiger partial charge in [0.15, 0.2) is 11.4 Å². The Kier molecular flexibility index (Phi) is 28.9. The number of ether oxygens (including phenoxy) is 1. The first-order valence-electron chi connectivity index (χ1n) is 37.0. The van der Waals surface area contributed by atoms with Crippen LogP contribution in [0.25, 0.3) is 77.7 Å². The third-order valence-electron chi connectivity index (χ3n) is 18.5. The number of thioether (sulfide) groups is 1. The molecule has 1 atom stereocenters. The first-order valence-corrected chi connectivity index (χ1v) is 37.9. The molecule has 12 rings (SSSR count). The maximum atomic E-state index is 13.6. The molecule has 0 saturated carbocycles. The topological polar surface area (TPSA) is 338 Å². The van der Waals surface area contributed by atoms with Crippen LogP contribution in [-0.4, -0.2) is 105 Å². The van der Waals surface area contributed by atoms with Crippen molar-refractivity contribution in [2.75, 3.05) is 13.7 Å². The van der Waals surface area contributed by atoms with E-state index in [2.05, 4.69) is 33.9 Å². The molecular weight excluding hydrogens is 1480 g/mol. The van der Waals surface area contributed by atoms with Gasteiger partial charge in [-0.05, 0) is 104 Å². The Labute approximate surface area is 659 Å². The maximum Gasteiger partial charge on any atom is 0.332 e. The number of unbranched alkanes of at least 4 members (excludes halogenated alkanes) is 7. The van der Waals surface area contributed by atoms with E-state index in [0.717, 1.165) is 88.8 Å². The molecule has 0 aliphatic rings. The standard InChI is InChI=1S/C30H21N3O5.C29H37N3O5.C28H25N3O7S/c1-20(34)38-31-29(22-10-6-3-7-11-22)30(35)23-12-14-27-25(18-23)26-19-24(33(36)37)13-15-28(26)32(27)17-16-21-8-4-2-5-9-21;1-4-6-8-9-10-12-18-31-27-16-14-22(29(34)26(13-11-7-5-2)30-37-21(3)33)19-24(27)25-20-23(32(35)36)15-17-28(25)31;1-17(16-37-3)39-26(33)15-30-24-11-9-20(13-22(24)23-14-21(31(35)36)10-12-25(23)30)28(34)27(29-38-18(2)32)19-7-5-4-6-8-19/h2-19H,1H3;14-17,19-20H,4-13,18H2,1-3H3;4-14,17H,15-16H2,1-3H3/b17-16+,31-29+;30-26+;29-27+. The van der Waals surface area contributed by atoms with Crippen molar-refractivity contribution >= 4 is 164 Å². The largest absolute Gasteiger partial charge is 0.384 e. The van der Waals surface area contributed by atoms with E-state index >= 15 is 0 Å². The fourth-order valence-corrected chi connectivity index (χ4v) is 14.0. The summed E-state index contributed by atoms with van der Waals surface area (Å²) in [5, 5.41) is 49.8. The third-order valence-corrected chi connectivity index (χ3v) is 19.4. The Morgan fingerprint density at radius 2 is 0.816 bits per heavy atom. The highest BCUT2D eigenvalue weighted by atomic mass is 32.2. The van der Waals surface area contributed by atoms with Crippen LogP contribution in [0.1, 0.15) is 154 Å². The van der Waals surface area contributed by atoms with Gasteiger partial charge in [-0.15, -0.1) is 0 Å². The van der Waals surface area contributed by atoms with Crippen molar-refractivity contribution in [2.24, 2.45) is 15.5 Å². The van der Waals surface area contributed by atoms with Gasteiger partial charge in [-0.25, -0.2) is 14.4 Å². The molecule has 0 aliphatic carbocycles. The van der Waals surface area contributed by atoms with Crippen molar-refractivity contribution in [3.05, 3.63) is 264 Å². The second kappa shape index (κ2) is 39.6. The number of carbonyl (C=O) groups excluding carboxylic acids is 7. The van der Waals surface area contributed by atoms with Crippen LogP contribution in [0.5, 0.6) is 0 Å². The summed E-state index contributed by atoms with van der Waals surface area (Å²) in [7, 11) is 1.57. The van der Waals surface area contributed by atoms with E-state index in [9.17, 15) is 63.9 Å². The normalized spacial score (nSPS) is 12.0. The molecule has 0 N–H and O–H groups in total. The molecule has 0 saturated heterocycles. The van der Waals surface area contributed by atoms with Crippen LogP contribution in [0.4, 0.5) is 17.1 Å². The van der Waals surface area contributed by atoms with Crippen molar-refractivity contribution in [3.63, 3.8) is 0 Å². The number of hydrogen-bond donors (Lipinski definition) is 0. The number of nitrogens with zero attached hydrogens (tertiary/aromatic N) is 9. The lowest BCUT2D eigenvalue weighted by Gasteiger charge is -2.11. The van der Waals surface area contributed by atoms with Gasteiger partial charge in [0.2, 0.25) is 22.5 Å². The maximum absolute atomic E-state index is 13.6. The molecule has 584 valence electrons. The molecule has 0 fully saturated rings. The first-order chi connectivity index (χ1) is 55.0. The second-order valence-corrected chi connectivity index (χ2v) is 28.3. The zero-order valence-corrected chi connectivity index (χ0v) is 64.7. The highest BCUT2D eigenvalue weighted by molar-refractivity contribution is 8.14. The quantitative estimate of drug-likeness (QED) is 0.00944. The van der Waals surface area contributed by atoms with Crippen molar-refractivity contribution < 1.29 is 67.6 Å². The minimum absolute atomic E-state index is 0.0134. The number of Topliss-reactive ketones (excluding diaryl/α,β-unsaturated/α-hetero) is 3. The van der Waals surface area contributed by atoms with Crippen LogP contribution in [0.2, 0.25) is 0 Å². The van der Waals surface area contributed by atoms with Gasteiger partial charge in [0, 0.05) is 159 Å². The van der Waals surface area contributed by atoms with E-state index in [1.807, 2.05) is 60.2 Å². The lowest BCUT2D eigenvalue weighted by molar-refractivity contribution is -0.384. The number of ketones is 3. The summed E-state index contributed by atoms with van der Waals surface area (Å²) in [4.78, 5) is 135. The SMILES string of the molecule is CC(=O)O/N=C(/C(=O)c1ccc2c(c1)c1cc([N+](=O)[O-])ccc1n2/C=C/c1ccccc1)c1ccccc1.CCCCCCCCn1c2ccc(C(=O)/C(CCCCC)=N/OC(C)=O)cc2c2cc([N+](=O)[O-])ccc21.COCC(C)SC(=O)Cn1c2ccc(C(=O)/C(=N/OC(C)=O)c3ccccc3)cc2c2cc([N+](=O)[O-])ccc21.